The smallest absolute Gasteiger partial charge is 0.160 e. The van der Waals surface area contributed by atoms with Crippen LogP contribution in [-0.2, 0) is 0 Å². The minimum Gasteiger partial charge on any atom is -0.228 e. The third-order valence-electron chi connectivity index (χ3n) is 9.00. The molecule has 49 heavy (non-hydrogen) atoms. The predicted octanol–water partition coefficient (Wildman–Crippen LogP) is 10.7. The van der Waals surface area contributed by atoms with Gasteiger partial charge in [0.2, 0.25) is 0 Å². The SMILES string of the molecule is c1ccc(-c2cc(-c3ccc(-c4cccc5cc(-c6ccc(-n7nnc8ccccc87)cc6)ccc45)cc3)nc(-c3ccccc3)n2)cc1. The molecule has 0 unspecified atom stereocenters. The van der Waals surface area contributed by atoms with E-state index in [1.165, 1.54) is 21.9 Å². The van der Waals surface area contributed by atoms with Crippen molar-refractivity contribution in [3.63, 3.8) is 0 Å². The first-order chi connectivity index (χ1) is 24.3. The minimum absolute atomic E-state index is 0.715. The van der Waals surface area contributed by atoms with Gasteiger partial charge in [-0.15, -0.1) is 5.10 Å². The second-order valence-electron chi connectivity index (χ2n) is 12.0. The highest BCUT2D eigenvalue weighted by Gasteiger charge is 2.12. The first-order valence-corrected chi connectivity index (χ1v) is 16.3. The number of rotatable bonds is 6. The average molecular weight is 628 g/mol. The lowest BCUT2D eigenvalue weighted by atomic mass is 9.94. The Kier molecular flexibility index (Phi) is 7.06. The van der Waals surface area contributed by atoms with E-state index in [0.717, 1.165) is 55.9 Å². The van der Waals surface area contributed by atoms with Crippen molar-refractivity contribution in [1.82, 2.24) is 25.0 Å². The van der Waals surface area contributed by atoms with Crippen LogP contribution in [0.5, 0.6) is 0 Å². The van der Waals surface area contributed by atoms with Crippen LogP contribution in [0.2, 0.25) is 0 Å². The van der Waals surface area contributed by atoms with Gasteiger partial charge in [0.25, 0.3) is 0 Å². The average Bonchev–Trinajstić information content (AvgIpc) is 3.62. The van der Waals surface area contributed by atoms with E-state index in [1.54, 1.807) is 0 Å². The van der Waals surface area contributed by atoms with Crippen LogP contribution >= 0.6 is 0 Å². The fourth-order valence-corrected chi connectivity index (χ4v) is 6.46. The first kappa shape index (κ1) is 28.5. The summed E-state index contributed by atoms with van der Waals surface area (Å²) in [4.78, 5) is 9.94. The number of fused-ring (bicyclic) bond motifs is 2. The van der Waals surface area contributed by atoms with Crippen LogP contribution < -0.4 is 0 Å². The normalized spacial score (nSPS) is 11.3. The number of benzene rings is 7. The zero-order valence-corrected chi connectivity index (χ0v) is 26.5. The Bertz CT molecular complexity index is 2520. The van der Waals surface area contributed by atoms with Crippen LogP contribution in [0.1, 0.15) is 0 Å². The molecule has 0 aliphatic heterocycles. The molecule has 0 bridgehead atoms. The number of hydrogen-bond acceptors (Lipinski definition) is 4. The van der Waals surface area contributed by atoms with Gasteiger partial charge in [-0.25, -0.2) is 14.6 Å². The van der Waals surface area contributed by atoms with E-state index in [1.807, 2.05) is 65.3 Å². The van der Waals surface area contributed by atoms with Gasteiger partial charge in [0, 0.05) is 16.7 Å². The van der Waals surface area contributed by atoms with Gasteiger partial charge in [0.1, 0.15) is 5.52 Å². The number of nitrogens with zero attached hydrogens (tertiary/aromatic N) is 5. The zero-order valence-electron chi connectivity index (χ0n) is 26.5. The maximum Gasteiger partial charge on any atom is 0.160 e. The molecule has 230 valence electrons. The van der Waals surface area contributed by atoms with Crippen LogP contribution in [0.3, 0.4) is 0 Å². The number of aromatic nitrogens is 5. The van der Waals surface area contributed by atoms with Gasteiger partial charge < -0.3 is 0 Å². The molecule has 0 N–H and O–H groups in total. The van der Waals surface area contributed by atoms with Gasteiger partial charge in [0.05, 0.1) is 22.6 Å². The van der Waals surface area contributed by atoms with Gasteiger partial charge >= 0.3 is 0 Å². The van der Waals surface area contributed by atoms with E-state index in [-0.39, 0.29) is 0 Å². The van der Waals surface area contributed by atoms with Crippen LogP contribution in [0.25, 0.3) is 83.6 Å². The van der Waals surface area contributed by atoms with Gasteiger partial charge in [-0.3, -0.25) is 0 Å². The molecule has 7 aromatic carbocycles. The molecule has 0 amide bonds. The van der Waals surface area contributed by atoms with Crippen molar-refractivity contribution in [2.45, 2.75) is 0 Å². The third-order valence-corrected chi connectivity index (χ3v) is 9.00. The Labute approximate surface area is 283 Å². The molecule has 2 aromatic heterocycles. The summed E-state index contributed by atoms with van der Waals surface area (Å²) in [5, 5.41) is 11.1. The van der Waals surface area contributed by atoms with Crippen LogP contribution in [0.15, 0.2) is 176 Å². The summed E-state index contributed by atoms with van der Waals surface area (Å²) in [7, 11) is 0. The van der Waals surface area contributed by atoms with Crippen LogP contribution in [0, 0.1) is 0 Å². The predicted molar refractivity (Wildman–Crippen MR) is 199 cm³/mol. The summed E-state index contributed by atoms with van der Waals surface area (Å²) in [6, 6.07) is 61.0. The Balaban J connectivity index is 1.03. The Morgan fingerprint density at radius 2 is 1.02 bits per heavy atom. The summed E-state index contributed by atoms with van der Waals surface area (Å²) in [6.07, 6.45) is 0. The van der Waals surface area contributed by atoms with E-state index in [4.69, 9.17) is 9.97 Å². The second kappa shape index (κ2) is 12.1. The van der Waals surface area contributed by atoms with Crippen molar-refractivity contribution in [3.8, 4) is 61.8 Å². The van der Waals surface area contributed by atoms with Crippen molar-refractivity contribution in [2.75, 3.05) is 0 Å². The molecule has 0 saturated carbocycles. The topological polar surface area (TPSA) is 56.5 Å². The molecule has 9 rings (SSSR count). The molecule has 5 nitrogen and oxygen atoms in total. The highest BCUT2D eigenvalue weighted by molar-refractivity contribution is 5.99. The van der Waals surface area contributed by atoms with E-state index in [2.05, 4.69) is 126 Å². The molecule has 0 atom stereocenters. The summed E-state index contributed by atoms with van der Waals surface area (Å²) in [5.74, 6) is 0.715. The molecule has 0 fully saturated rings. The van der Waals surface area contributed by atoms with Crippen molar-refractivity contribution < 1.29 is 0 Å². The molecular weight excluding hydrogens is 599 g/mol. The van der Waals surface area contributed by atoms with E-state index in [9.17, 15) is 0 Å². The lowest BCUT2D eigenvalue weighted by Crippen LogP contribution is -1.96. The standard InChI is InChI=1S/C44H29N5/c1-3-10-32(11-4-1)41-29-42(46-44(45-41)34-12-5-2-6-13-34)33-20-18-31(19-21-33)38-15-9-14-36-28-35(24-27-39(36)38)30-22-25-37(26-23-30)49-43-17-8-7-16-40(43)47-48-49/h1-29H. The second-order valence-corrected chi connectivity index (χ2v) is 12.0. The summed E-state index contributed by atoms with van der Waals surface area (Å²) >= 11 is 0. The van der Waals surface area contributed by atoms with Gasteiger partial charge in [-0.2, -0.15) is 0 Å². The lowest BCUT2D eigenvalue weighted by molar-refractivity contribution is 0.824. The van der Waals surface area contributed by atoms with Crippen LogP contribution in [0.4, 0.5) is 0 Å². The number of para-hydroxylation sites is 1. The van der Waals surface area contributed by atoms with E-state index in [0.29, 0.717) is 5.82 Å². The molecule has 2 heterocycles. The molecule has 5 heteroatoms. The van der Waals surface area contributed by atoms with Crippen LogP contribution in [-0.4, -0.2) is 25.0 Å². The van der Waals surface area contributed by atoms with Crippen molar-refractivity contribution in [1.29, 1.82) is 0 Å². The Morgan fingerprint density at radius 1 is 0.408 bits per heavy atom. The maximum atomic E-state index is 5.00. The largest absolute Gasteiger partial charge is 0.228 e. The summed E-state index contributed by atoms with van der Waals surface area (Å²) < 4.78 is 1.88. The van der Waals surface area contributed by atoms with E-state index >= 15 is 0 Å². The fraction of sp³-hybridized carbons (Fsp3) is 0. The summed E-state index contributed by atoms with van der Waals surface area (Å²) in [6.45, 7) is 0. The molecule has 9 aromatic rings. The van der Waals surface area contributed by atoms with E-state index < -0.39 is 0 Å². The summed E-state index contributed by atoms with van der Waals surface area (Å²) in [5.41, 5.74) is 12.4. The van der Waals surface area contributed by atoms with Crippen molar-refractivity contribution in [2.24, 2.45) is 0 Å². The van der Waals surface area contributed by atoms with Gasteiger partial charge in [-0.1, -0.05) is 145 Å². The monoisotopic (exact) mass is 627 g/mol. The fourth-order valence-electron chi connectivity index (χ4n) is 6.46. The lowest BCUT2D eigenvalue weighted by Gasteiger charge is -2.12. The number of hydrogen-bond donors (Lipinski definition) is 0. The molecule has 0 spiro atoms. The van der Waals surface area contributed by atoms with Crippen molar-refractivity contribution in [3.05, 3.63) is 176 Å². The molecule has 0 aliphatic rings. The maximum absolute atomic E-state index is 5.00. The molecule has 0 saturated heterocycles. The first-order valence-electron chi connectivity index (χ1n) is 16.3. The Morgan fingerprint density at radius 3 is 1.78 bits per heavy atom. The zero-order chi connectivity index (χ0) is 32.6. The van der Waals surface area contributed by atoms with Gasteiger partial charge in [-0.05, 0) is 69.4 Å². The van der Waals surface area contributed by atoms with Gasteiger partial charge in [0.15, 0.2) is 5.82 Å². The highest BCUT2D eigenvalue weighted by atomic mass is 15.4. The third kappa shape index (κ3) is 5.43. The van der Waals surface area contributed by atoms with Crippen molar-refractivity contribution >= 4 is 21.8 Å². The quantitative estimate of drug-likeness (QED) is 0.184. The highest BCUT2D eigenvalue weighted by Crippen LogP contribution is 2.34. The Hall–Kier alpha value is -6.72. The molecule has 0 aliphatic carbocycles. The molecule has 0 radical (unpaired) electrons. The molecular formula is C44H29N5. The minimum atomic E-state index is 0.715.